The van der Waals surface area contributed by atoms with Crippen molar-refractivity contribution in [2.45, 2.75) is 85.4 Å². The van der Waals surface area contributed by atoms with Gasteiger partial charge in [0, 0.05) is 0 Å². The number of rotatable bonds is 5. The minimum atomic E-state index is -4.37. The fourth-order valence-corrected chi connectivity index (χ4v) is 48.8. The van der Waals surface area contributed by atoms with E-state index in [0.717, 1.165) is 6.42 Å². The third-order valence-electron chi connectivity index (χ3n) is 3.70. The van der Waals surface area contributed by atoms with Crippen molar-refractivity contribution in [3.8, 4) is 0 Å². The Morgan fingerprint density at radius 2 is 1.26 bits per heavy atom. The van der Waals surface area contributed by atoms with Crippen LogP contribution in [0.5, 0.6) is 0 Å². The zero-order valence-electron chi connectivity index (χ0n) is 16.5. The summed E-state index contributed by atoms with van der Waals surface area (Å²) in [6, 6.07) is 0. The number of hydrogen-bond donors (Lipinski definition) is 3. The summed E-state index contributed by atoms with van der Waals surface area (Å²) in [5.74, 6) is 0. The van der Waals surface area contributed by atoms with Gasteiger partial charge in [-0.05, 0) is 0 Å². The van der Waals surface area contributed by atoms with E-state index in [9.17, 15) is 0 Å². The van der Waals surface area contributed by atoms with Crippen LogP contribution in [-0.2, 0) is 17.1 Å². The molecule has 3 nitrogen and oxygen atoms in total. The second kappa shape index (κ2) is 6.79. The van der Waals surface area contributed by atoms with Gasteiger partial charge in [-0.25, -0.2) is 0 Å². The molecule has 0 aromatic rings. The van der Waals surface area contributed by atoms with Crippen molar-refractivity contribution in [2.24, 2.45) is 0 Å². The normalized spacial score (nSPS) is 19.2. The van der Waals surface area contributed by atoms with Crippen molar-refractivity contribution < 1.29 is 20.6 Å². The molecule has 6 heteroatoms. The molecule has 3 N–H and O–H groups in total. The van der Waals surface area contributed by atoms with Gasteiger partial charge < -0.3 is 0 Å². The van der Waals surface area contributed by atoms with Crippen molar-refractivity contribution in [2.75, 3.05) is 0 Å². The molecule has 0 amide bonds. The van der Waals surface area contributed by atoms with Crippen LogP contribution in [-0.4, -0.2) is 28.7 Å². The average molecular weight is 466 g/mol. The van der Waals surface area contributed by atoms with Gasteiger partial charge in [0.05, 0.1) is 0 Å². The Labute approximate surface area is 148 Å². The summed E-state index contributed by atoms with van der Waals surface area (Å²) in [7, 11) is 0. The Hall–Kier alpha value is 0.716. The molecule has 0 aliphatic heterocycles. The van der Waals surface area contributed by atoms with Crippen LogP contribution in [0.4, 0.5) is 3.50 Å². The zero-order valence-corrected chi connectivity index (χ0v) is 21.9. The summed E-state index contributed by atoms with van der Waals surface area (Å²) >= 11 is -6.78. The van der Waals surface area contributed by atoms with E-state index < -0.39 is 29.3 Å². The molecule has 0 unspecified atom stereocenters. The van der Waals surface area contributed by atoms with Gasteiger partial charge in [0.2, 0.25) is 0 Å². The molecule has 0 aromatic carbocycles. The Kier molecular flexibility index (Phi) is 6.42. The van der Waals surface area contributed by atoms with Crippen LogP contribution in [0, 0.1) is 0 Å². The first-order chi connectivity index (χ1) is 10.1. The van der Waals surface area contributed by atoms with Crippen LogP contribution in [0.1, 0.15) is 68.7 Å². The minimum absolute atomic E-state index is 0.150. The van der Waals surface area contributed by atoms with E-state index in [1.54, 1.807) is 0 Å². The molecular formula is C17H37FGeN3Zr. The van der Waals surface area contributed by atoms with Gasteiger partial charge in [0.15, 0.2) is 0 Å². The molecule has 0 atom stereocenters. The predicted molar refractivity (Wildman–Crippen MR) is 100 cm³/mol. The van der Waals surface area contributed by atoms with Crippen LogP contribution in [0.15, 0.2) is 21.5 Å². The Morgan fingerprint density at radius 3 is 1.48 bits per heavy atom. The van der Waals surface area contributed by atoms with Crippen LogP contribution in [0.3, 0.4) is 0 Å². The first kappa shape index (κ1) is 21.8. The fraction of sp³-hybridized carbons (Fsp3) is 0.765. The molecule has 1 aliphatic carbocycles. The van der Waals surface area contributed by atoms with Gasteiger partial charge in [-0.2, -0.15) is 0 Å². The molecule has 0 saturated heterocycles. The van der Waals surface area contributed by atoms with Crippen molar-refractivity contribution in [3.63, 3.8) is 0 Å². The summed E-state index contributed by atoms with van der Waals surface area (Å²) in [4.78, 5) is 0. The molecule has 0 aromatic heterocycles. The zero-order chi connectivity index (χ0) is 18.2. The second-order valence-corrected chi connectivity index (χ2v) is 42.2. The SMILES string of the molecule is CC(C)(C)[NH][Zr]([NH]C(C)(C)C)([NH]C(C)(C)C)([GeH2][F])[C]1=CC=CC1. The third-order valence-corrected chi connectivity index (χ3v) is 37.9. The van der Waals surface area contributed by atoms with Gasteiger partial charge in [-0.1, -0.05) is 0 Å². The molecule has 0 saturated carbocycles. The summed E-state index contributed by atoms with van der Waals surface area (Å²) in [6.45, 7) is 19.3. The van der Waals surface area contributed by atoms with Gasteiger partial charge in [-0.15, -0.1) is 0 Å². The van der Waals surface area contributed by atoms with Crippen LogP contribution < -0.4 is 9.78 Å². The van der Waals surface area contributed by atoms with E-state index in [4.69, 9.17) is 0 Å². The van der Waals surface area contributed by atoms with E-state index in [2.05, 4.69) is 90.3 Å². The third kappa shape index (κ3) is 5.88. The molecule has 135 valence electrons. The van der Waals surface area contributed by atoms with Gasteiger partial charge in [-0.3, -0.25) is 0 Å². The van der Waals surface area contributed by atoms with Crippen molar-refractivity contribution in [1.29, 1.82) is 0 Å². The fourth-order valence-electron chi connectivity index (χ4n) is 3.86. The molecule has 0 radical (unpaired) electrons. The molecule has 0 spiro atoms. The molecule has 1 rings (SSSR count). The average Bonchev–Trinajstić information content (AvgIpc) is 2.75. The quantitative estimate of drug-likeness (QED) is 0.544. The molecular weight excluding hydrogens is 429 g/mol. The van der Waals surface area contributed by atoms with E-state index in [1.165, 1.54) is 3.28 Å². The standard InChI is InChI=1S/C5H5.3C4H10N.FGeH2.Zr/c1-2-4-5-3-1;3*1-4(2,3)5;1-2;/h1-3H,4H2;3*5H,1-3H3;2H2;/q;3*-1;;+3. The first-order valence-corrected chi connectivity index (χ1v) is 25.1. The predicted octanol–water partition coefficient (Wildman–Crippen LogP) is 3.40. The van der Waals surface area contributed by atoms with E-state index in [0.29, 0.717) is 0 Å². The summed E-state index contributed by atoms with van der Waals surface area (Å²) in [5, 5.41) is 0. The van der Waals surface area contributed by atoms with Crippen LogP contribution in [0.25, 0.3) is 0 Å². The van der Waals surface area contributed by atoms with Gasteiger partial charge in [0.1, 0.15) is 0 Å². The van der Waals surface area contributed by atoms with E-state index in [-0.39, 0.29) is 16.6 Å². The van der Waals surface area contributed by atoms with E-state index >= 15 is 3.50 Å². The maximum absolute atomic E-state index is 15.2. The molecule has 0 heterocycles. The second-order valence-electron chi connectivity index (χ2n) is 10.0. The first-order valence-electron chi connectivity index (χ1n) is 8.59. The van der Waals surface area contributed by atoms with Crippen molar-refractivity contribution >= 4 is 12.1 Å². The Bertz CT molecular complexity index is 452. The summed E-state index contributed by atoms with van der Waals surface area (Å²) < 4.78 is 28.1. The number of hydrogen-bond acceptors (Lipinski definition) is 3. The van der Waals surface area contributed by atoms with Crippen molar-refractivity contribution in [3.05, 3.63) is 21.5 Å². The van der Waals surface area contributed by atoms with Gasteiger partial charge >= 0.3 is 149 Å². The molecule has 0 bridgehead atoms. The van der Waals surface area contributed by atoms with E-state index in [1.807, 2.05) is 0 Å². The monoisotopic (exact) mass is 466 g/mol. The maximum atomic E-state index is 15.2. The molecule has 0 fully saturated rings. The van der Waals surface area contributed by atoms with Crippen LogP contribution in [0.2, 0.25) is 0 Å². The number of halogens is 1. The topological polar surface area (TPSA) is 36.1 Å². The Morgan fingerprint density at radius 1 is 0.870 bits per heavy atom. The number of nitrogens with one attached hydrogen (secondary N) is 3. The molecule has 1 aliphatic rings. The number of allylic oxidation sites excluding steroid dienone is 4. The van der Waals surface area contributed by atoms with Crippen LogP contribution >= 0.6 is 0 Å². The molecule has 23 heavy (non-hydrogen) atoms. The summed E-state index contributed by atoms with van der Waals surface area (Å²) in [6.07, 6.45) is 7.25. The van der Waals surface area contributed by atoms with Crippen molar-refractivity contribution in [1.82, 2.24) is 9.78 Å². The summed E-state index contributed by atoms with van der Waals surface area (Å²) in [5.41, 5.74) is -0.451. The van der Waals surface area contributed by atoms with Gasteiger partial charge in [0.25, 0.3) is 0 Å². The Balaban J connectivity index is 3.61.